The van der Waals surface area contributed by atoms with Gasteiger partial charge < -0.3 is 10.6 Å². The van der Waals surface area contributed by atoms with E-state index in [4.69, 9.17) is 0 Å². The Kier molecular flexibility index (Phi) is 3.55. The Morgan fingerprint density at radius 1 is 1.38 bits per heavy atom. The van der Waals surface area contributed by atoms with Gasteiger partial charge in [0.25, 0.3) is 5.91 Å². The first-order valence-electron chi connectivity index (χ1n) is 7.02. The summed E-state index contributed by atoms with van der Waals surface area (Å²) in [5.41, 5.74) is 2.81. The molecule has 2 heterocycles. The van der Waals surface area contributed by atoms with Crippen LogP contribution in [0.4, 0.5) is 5.82 Å². The molecule has 0 aliphatic heterocycles. The van der Waals surface area contributed by atoms with E-state index in [9.17, 15) is 4.79 Å². The van der Waals surface area contributed by atoms with Crippen molar-refractivity contribution in [1.29, 1.82) is 0 Å². The van der Waals surface area contributed by atoms with Gasteiger partial charge >= 0.3 is 0 Å². The molecule has 110 valence electrons. The molecular weight excluding hydrogens is 268 g/mol. The van der Waals surface area contributed by atoms with Crippen LogP contribution < -0.4 is 10.6 Å². The molecule has 2 aromatic rings. The Balaban J connectivity index is 1.77. The van der Waals surface area contributed by atoms with Gasteiger partial charge in [0.2, 0.25) is 0 Å². The van der Waals surface area contributed by atoms with Crippen molar-refractivity contribution in [3.05, 3.63) is 35.3 Å². The van der Waals surface area contributed by atoms with Gasteiger partial charge in [0.05, 0.1) is 12.2 Å². The first kappa shape index (κ1) is 13.5. The lowest BCUT2D eigenvalue weighted by Gasteiger charge is -2.24. The fourth-order valence-corrected chi connectivity index (χ4v) is 2.69. The number of fused-ring (bicyclic) bond motifs is 1. The summed E-state index contributed by atoms with van der Waals surface area (Å²) in [6.45, 7) is 0. The van der Waals surface area contributed by atoms with Gasteiger partial charge in [-0.2, -0.15) is 5.10 Å². The predicted molar refractivity (Wildman–Crippen MR) is 77.9 cm³/mol. The van der Waals surface area contributed by atoms with E-state index in [0.29, 0.717) is 11.5 Å². The number of nitrogens with one attached hydrogen (secondary N) is 2. The summed E-state index contributed by atoms with van der Waals surface area (Å²) >= 11 is 0. The van der Waals surface area contributed by atoms with Gasteiger partial charge in [0, 0.05) is 25.4 Å². The highest BCUT2D eigenvalue weighted by molar-refractivity contribution is 5.91. The van der Waals surface area contributed by atoms with Gasteiger partial charge in [-0.3, -0.25) is 9.48 Å². The van der Waals surface area contributed by atoms with Crippen LogP contribution in [-0.4, -0.2) is 32.9 Å². The summed E-state index contributed by atoms with van der Waals surface area (Å²) in [5.74, 6) is 0.436. The van der Waals surface area contributed by atoms with E-state index in [-0.39, 0.29) is 11.9 Å². The zero-order valence-corrected chi connectivity index (χ0v) is 12.1. The van der Waals surface area contributed by atoms with Gasteiger partial charge in [-0.15, -0.1) is 10.2 Å². The van der Waals surface area contributed by atoms with E-state index in [2.05, 4.69) is 25.9 Å². The van der Waals surface area contributed by atoms with Crippen molar-refractivity contribution < 1.29 is 4.79 Å². The molecule has 1 aliphatic rings. The fourth-order valence-electron chi connectivity index (χ4n) is 2.69. The number of nitrogens with zero attached hydrogens (tertiary/aromatic N) is 4. The lowest BCUT2D eigenvalue weighted by molar-refractivity contribution is 0.0957. The van der Waals surface area contributed by atoms with E-state index >= 15 is 0 Å². The molecule has 0 saturated carbocycles. The zero-order chi connectivity index (χ0) is 14.8. The number of carbonyl (C=O) groups excluding carboxylic acids is 1. The Hall–Kier alpha value is -2.44. The second-order valence-electron chi connectivity index (χ2n) is 5.14. The van der Waals surface area contributed by atoms with Crippen LogP contribution in [0.3, 0.4) is 0 Å². The quantitative estimate of drug-likeness (QED) is 0.881. The molecule has 3 rings (SSSR count). The highest BCUT2D eigenvalue weighted by Crippen LogP contribution is 2.31. The van der Waals surface area contributed by atoms with Gasteiger partial charge in [0.1, 0.15) is 5.82 Å². The van der Waals surface area contributed by atoms with Crippen LogP contribution in [-0.2, 0) is 13.5 Å². The molecule has 0 bridgehead atoms. The number of aromatic nitrogens is 4. The van der Waals surface area contributed by atoms with Gasteiger partial charge in [-0.1, -0.05) is 0 Å². The van der Waals surface area contributed by atoms with Crippen LogP contribution in [0.1, 0.15) is 40.6 Å². The van der Waals surface area contributed by atoms with Crippen molar-refractivity contribution >= 4 is 11.7 Å². The summed E-state index contributed by atoms with van der Waals surface area (Å²) in [5, 5.41) is 18.2. The first-order valence-corrected chi connectivity index (χ1v) is 7.02. The number of hydrogen-bond acceptors (Lipinski definition) is 5. The number of carbonyl (C=O) groups is 1. The summed E-state index contributed by atoms with van der Waals surface area (Å²) < 4.78 is 1.93. The molecule has 1 atom stereocenters. The maximum atomic E-state index is 11.4. The second kappa shape index (κ2) is 5.51. The molecule has 0 saturated heterocycles. The molecule has 0 aromatic carbocycles. The number of rotatable bonds is 3. The minimum Gasteiger partial charge on any atom is -0.362 e. The lowest BCUT2D eigenvalue weighted by Crippen LogP contribution is -2.21. The highest BCUT2D eigenvalue weighted by atomic mass is 16.1. The highest BCUT2D eigenvalue weighted by Gasteiger charge is 2.23. The monoisotopic (exact) mass is 286 g/mol. The summed E-state index contributed by atoms with van der Waals surface area (Å²) in [4.78, 5) is 11.4. The molecule has 0 unspecified atom stereocenters. The van der Waals surface area contributed by atoms with Crippen molar-refractivity contribution in [2.75, 3.05) is 12.4 Å². The normalized spacial score (nSPS) is 17.1. The fraction of sp³-hybridized carbons (Fsp3) is 0.429. The van der Waals surface area contributed by atoms with E-state index < -0.39 is 0 Å². The van der Waals surface area contributed by atoms with Gasteiger partial charge in [0.15, 0.2) is 5.69 Å². The van der Waals surface area contributed by atoms with Crippen LogP contribution >= 0.6 is 0 Å². The molecule has 2 N–H and O–H groups in total. The molecule has 0 fully saturated rings. The zero-order valence-electron chi connectivity index (χ0n) is 12.1. The molecule has 1 amide bonds. The summed E-state index contributed by atoms with van der Waals surface area (Å²) in [6.07, 6.45) is 5.13. The maximum absolute atomic E-state index is 11.4. The largest absolute Gasteiger partial charge is 0.362 e. The number of anilines is 1. The van der Waals surface area contributed by atoms with Crippen molar-refractivity contribution in [1.82, 2.24) is 25.3 Å². The molecular formula is C14H18N6O. The number of aryl methyl sites for hydroxylation is 1. The van der Waals surface area contributed by atoms with Crippen molar-refractivity contribution in [3.8, 4) is 0 Å². The van der Waals surface area contributed by atoms with Crippen molar-refractivity contribution in [2.24, 2.45) is 7.05 Å². The van der Waals surface area contributed by atoms with Gasteiger partial charge in [-0.25, -0.2) is 0 Å². The summed E-state index contributed by atoms with van der Waals surface area (Å²) in [7, 11) is 3.54. The van der Waals surface area contributed by atoms with Crippen molar-refractivity contribution in [3.63, 3.8) is 0 Å². The minimum atomic E-state index is -0.235. The van der Waals surface area contributed by atoms with Gasteiger partial charge in [-0.05, 0) is 31.4 Å². The molecule has 7 heteroatoms. The first-order chi connectivity index (χ1) is 10.2. The molecule has 7 nitrogen and oxygen atoms in total. The van der Waals surface area contributed by atoms with Crippen LogP contribution in [0.15, 0.2) is 18.3 Å². The topological polar surface area (TPSA) is 84.7 Å². The standard InChI is InChI=1S/C14H18N6O/c1-15-14(21)11-6-7-13(19-18-11)17-10-4-3-5-12-9(10)8-16-20(12)2/h6-8,10H,3-5H2,1-2H3,(H,15,21)(H,17,19)/t10-/m0/s1. The Labute approximate surface area is 122 Å². The third kappa shape index (κ3) is 2.58. The Morgan fingerprint density at radius 2 is 2.24 bits per heavy atom. The molecule has 2 aromatic heterocycles. The van der Waals surface area contributed by atoms with Crippen LogP contribution in [0, 0.1) is 0 Å². The van der Waals surface area contributed by atoms with E-state index in [1.807, 2.05) is 17.9 Å². The predicted octanol–water partition coefficient (Wildman–Crippen LogP) is 1.06. The van der Waals surface area contributed by atoms with Crippen LogP contribution in [0.5, 0.6) is 0 Å². The molecule has 1 aliphatic carbocycles. The molecule has 0 radical (unpaired) electrons. The van der Waals surface area contributed by atoms with Crippen LogP contribution in [0.2, 0.25) is 0 Å². The maximum Gasteiger partial charge on any atom is 0.271 e. The third-order valence-corrected chi connectivity index (χ3v) is 3.82. The van der Waals surface area contributed by atoms with Crippen LogP contribution in [0.25, 0.3) is 0 Å². The number of hydrogen-bond donors (Lipinski definition) is 2. The minimum absolute atomic E-state index is 0.197. The lowest BCUT2D eigenvalue weighted by atomic mass is 9.93. The van der Waals surface area contributed by atoms with E-state index in [1.165, 1.54) is 11.3 Å². The second-order valence-corrected chi connectivity index (χ2v) is 5.14. The number of amides is 1. The molecule has 0 spiro atoms. The summed E-state index contributed by atoms with van der Waals surface area (Å²) in [6, 6.07) is 3.64. The van der Waals surface area contributed by atoms with E-state index in [0.717, 1.165) is 19.3 Å². The van der Waals surface area contributed by atoms with Crippen molar-refractivity contribution in [2.45, 2.75) is 25.3 Å². The SMILES string of the molecule is CNC(=O)c1ccc(N[C@H]2CCCc3c2cnn3C)nn1. The molecule has 21 heavy (non-hydrogen) atoms. The smallest absolute Gasteiger partial charge is 0.271 e. The Morgan fingerprint density at radius 3 is 2.95 bits per heavy atom. The average Bonchev–Trinajstić information content (AvgIpc) is 2.90. The van der Waals surface area contributed by atoms with E-state index in [1.54, 1.807) is 19.2 Å². The Bertz CT molecular complexity index is 648. The average molecular weight is 286 g/mol. The third-order valence-electron chi connectivity index (χ3n) is 3.82.